The maximum Gasteiger partial charge on any atom is 0.239 e. The minimum Gasteiger partial charge on any atom is -0.491 e. The molecule has 0 aliphatic heterocycles. The Balaban J connectivity index is 2.38. The van der Waals surface area contributed by atoms with E-state index in [0.29, 0.717) is 10.8 Å². The van der Waals surface area contributed by atoms with Crippen LogP contribution in [0.4, 0.5) is 0 Å². The van der Waals surface area contributed by atoms with Crippen LogP contribution < -0.4 is 10.6 Å². The van der Waals surface area contributed by atoms with Crippen molar-refractivity contribution < 1.29 is 9.53 Å². The Morgan fingerprint density at radius 2 is 2.20 bits per heavy atom. The van der Waals surface area contributed by atoms with Gasteiger partial charge in [0.25, 0.3) is 0 Å². The van der Waals surface area contributed by atoms with E-state index < -0.39 is 0 Å². The van der Waals surface area contributed by atoms with E-state index in [1.807, 2.05) is 12.1 Å². The summed E-state index contributed by atoms with van der Waals surface area (Å²) in [4.78, 5) is 11.1. The molecule has 0 heterocycles. The van der Waals surface area contributed by atoms with Crippen LogP contribution in [0, 0.1) is 0 Å². The monoisotopic (exact) mass is 228 g/mol. The fraction of sp³-hybridized carbons (Fsp3) is 0.300. The highest BCUT2D eigenvalue weighted by Crippen LogP contribution is 2.22. The van der Waals surface area contributed by atoms with E-state index in [0.717, 1.165) is 5.01 Å². The second kappa shape index (κ2) is 5.58. The van der Waals surface area contributed by atoms with Gasteiger partial charge in [-0.15, -0.1) is 0 Å². The van der Waals surface area contributed by atoms with Gasteiger partial charge in [-0.3, -0.25) is 9.80 Å². The third kappa shape index (κ3) is 3.77. The molecule has 0 unspecified atom stereocenters. The van der Waals surface area contributed by atoms with Crippen molar-refractivity contribution in [1.82, 2.24) is 5.01 Å². The third-order valence-electron chi connectivity index (χ3n) is 1.80. The van der Waals surface area contributed by atoms with Gasteiger partial charge in [0.2, 0.25) is 5.91 Å². The summed E-state index contributed by atoms with van der Waals surface area (Å²) in [7, 11) is 1.50. The van der Waals surface area contributed by atoms with Crippen molar-refractivity contribution in [1.29, 1.82) is 0 Å². The summed E-state index contributed by atoms with van der Waals surface area (Å²) in [6.45, 7) is 0.268. The van der Waals surface area contributed by atoms with E-state index in [4.69, 9.17) is 22.2 Å². The van der Waals surface area contributed by atoms with Crippen molar-refractivity contribution in [2.75, 3.05) is 13.7 Å². The number of carbonyl (C=O) groups is 1. The van der Waals surface area contributed by atoms with Gasteiger partial charge < -0.3 is 4.74 Å². The highest BCUT2D eigenvalue weighted by Gasteiger charge is 2.05. The summed E-state index contributed by atoms with van der Waals surface area (Å²) < 4.78 is 5.32. The van der Waals surface area contributed by atoms with Gasteiger partial charge in [0, 0.05) is 7.05 Å². The third-order valence-corrected chi connectivity index (χ3v) is 2.12. The zero-order valence-electron chi connectivity index (χ0n) is 8.44. The molecule has 1 rings (SSSR count). The van der Waals surface area contributed by atoms with E-state index >= 15 is 0 Å². The molecule has 1 aromatic carbocycles. The number of ether oxygens (including phenoxy) is 1. The highest BCUT2D eigenvalue weighted by atomic mass is 35.5. The van der Waals surface area contributed by atoms with E-state index in [-0.39, 0.29) is 18.9 Å². The Labute approximate surface area is 93.5 Å². The number of halogens is 1. The number of benzene rings is 1. The summed E-state index contributed by atoms with van der Waals surface area (Å²) in [6, 6.07) is 7.11. The summed E-state index contributed by atoms with van der Waals surface area (Å²) >= 11 is 5.86. The predicted molar refractivity (Wildman–Crippen MR) is 58.5 cm³/mol. The topological polar surface area (TPSA) is 55.6 Å². The Morgan fingerprint density at radius 3 is 2.80 bits per heavy atom. The van der Waals surface area contributed by atoms with Gasteiger partial charge in [-0.2, -0.15) is 0 Å². The van der Waals surface area contributed by atoms with Crippen molar-refractivity contribution in [2.45, 2.75) is 6.42 Å². The first-order valence-electron chi connectivity index (χ1n) is 4.50. The molecular formula is C10H13ClN2O2. The molecule has 82 valence electrons. The smallest absolute Gasteiger partial charge is 0.239 e. The fourth-order valence-corrected chi connectivity index (χ4v) is 1.18. The van der Waals surface area contributed by atoms with Crippen molar-refractivity contribution in [3.63, 3.8) is 0 Å². The quantitative estimate of drug-likeness (QED) is 0.482. The Hall–Kier alpha value is -1.26. The second-order valence-electron chi connectivity index (χ2n) is 3.03. The van der Waals surface area contributed by atoms with Crippen LogP contribution >= 0.6 is 11.6 Å². The minimum absolute atomic E-state index is 0.179. The maximum atomic E-state index is 11.1. The molecule has 0 saturated carbocycles. The Bertz CT molecular complexity index is 342. The lowest BCUT2D eigenvalue weighted by Crippen LogP contribution is -2.33. The molecule has 2 N–H and O–H groups in total. The molecule has 0 bridgehead atoms. The van der Waals surface area contributed by atoms with Gasteiger partial charge in [0.15, 0.2) is 0 Å². The molecule has 15 heavy (non-hydrogen) atoms. The van der Waals surface area contributed by atoms with E-state index in [1.54, 1.807) is 12.1 Å². The van der Waals surface area contributed by atoms with Crippen molar-refractivity contribution >= 4 is 17.5 Å². The Kier molecular flexibility index (Phi) is 4.39. The predicted octanol–water partition coefficient (Wildman–Crippen LogP) is 1.44. The molecule has 4 nitrogen and oxygen atoms in total. The molecule has 0 aliphatic carbocycles. The van der Waals surface area contributed by atoms with Crippen LogP contribution in [0.1, 0.15) is 6.42 Å². The zero-order chi connectivity index (χ0) is 11.3. The molecule has 1 aromatic rings. The number of nitrogens with zero attached hydrogens (tertiary/aromatic N) is 1. The van der Waals surface area contributed by atoms with E-state index in [2.05, 4.69) is 0 Å². The van der Waals surface area contributed by atoms with Crippen LogP contribution in [0.15, 0.2) is 24.3 Å². The average Bonchev–Trinajstić information content (AvgIpc) is 2.20. The summed E-state index contributed by atoms with van der Waals surface area (Å²) in [5, 5.41) is 1.57. The van der Waals surface area contributed by atoms with Crippen LogP contribution in [0.5, 0.6) is 5.75 Å². The average molecular weight is 229 g/mol. The lowest BCUT2D eigenvalue weighted by molar-refractivity contribution is -0.130. The van der Waals surface area contributed by atoms with Gasteiger partial charge in [-0.1, -0.05) is 23.7 Å². The largest absolute Gasteiger partial charge is 0.491 e. The number of amides is 1. The van der Waals surface area contributed by atoms with Gasteiger partial charge >= 0.3 is 0 Å². The van der Waals surface area contributed by atoms with Crippen LogP contribution in [-0.2, 0) is 4.79 Å². The van der Waals surface area contributed by atoms with Crippen molar-refractivity contribution in [2.24, 2.45) is 5.84 Å². The van der Waals surface area contributed by atoms with Crippen molar-refractivity contribution in [3.05, 3.63) is 29.3 Å². The molecule has 1 amide bonds. The molecule has 0 aliphatic rings. The number of para-hydroxylation sites is 1. The van der Waals surface area contributed by atoms with Crippen LogP contribution in [0.2, 0.25) is 5.02 Å². The summed E-state index contributed by atoms with van der Waals surface area (Å²) in [6.07, 6.45) is 0.234. The van der Waals surface area contributed by atoms with Gasteiger partial charge in [-0.25, -0.2) is 5.84 Å². The van der Waals surface area contributed by atoms with Gasteiger partial charge in [-0.05, 0) is 12.1 Å². The molecule has 0 radical (unpaired) electrons. The zero-order valence-corrected chi connectivity index (χ0v) is 9.20. The normalized spacial score (nSPS) is 9.80. The lowest BCUT2D eigenvalue weighted by atomic mass is 10.3. The molecule has 5 heteroatoms. The number of nitrogens with two attached hydrogens (primary N) is 1. The number of hydrazine groups is 1. The summed E-state index contributed by atoms with van der Waals surface area (Å²) in [5.74, 6) is 5.64. The fourth-order valence-electron chi connectivity index (χ4n) is 0.986. The molecule has 0 atom stereocenters. The molecule has 0 spiro atoms. The lowest BCUT2D eigenvalue weighted by Gasteiger charge is -2.11. The van der Waals surface area contributed by atoms with Gasteiger partial charge in [0.1, 0.15) is 5.75 Å². The first-order chi connectivity index (χ1) is 7.11. The standard InChI is InChI=1S/C10H13ClN2O2/c1-13(12)10(14)6-7-15-9-5-3-2-4-8(9)11/h2-5H,6-7,12H2,1H3. The van der Waals surface area contributed by atoms with Crippen LogP contribution in [-0.4, -0.2) is 24.6 Å². The number of carbonyl (C=O) groups excluding carboxylic acids is 1. The first-order valence-corrected chi connectivity index (χ1v) is 4.87. The van der Waals surface area contributed by atoms with Crippen LogP contribution in [0.3, 0.4) is 0 Å². The van der Waals surface area contributed by atoms with Crippen LogP contribution in [0.25, 0.3) is 0 Å². The number of hydrogen-bond acceptors (Lipinski definition) is 3. The van der Waals surface area contributed by atoms with Gasteiger partial charge in [0.05, 0.1) is 18.1 Å². The molecule has 0 aromatic heterocycles. The van der Waals surface area contributed by atoms with Crippen molar-refractivity contribution in [3.8, 4) is 5.75 Å². The summed E-state index contributed by atoms with van der Waals surface area (Å²) in [5.41, 5.74) is 0. The Morgan fingerprint density at radius 1 is 1.53 bits per heavy atom. The number of hydrogen-bond donors (Lipinski definition) is 1. The highest BCUT2D eigenvalue weighted by molar-refractivity contribution is 6.32. The molecular weight excluding hydrogens is 216 g/mol. The van der Waals surface area contributed by atoms with E-state index in [1.165, 1.54) is 7.05 Å². The molecule has 0 saturated heterocycles. The SMILES string of the molecule is CN(N)C(=O)CCOc1ccccc1Cl. The first kappa shape index (κ1) is 11.8. The number of rotatable bonds is 4. The maximum absolute atomic E-state index is 11.1. The van der Waals surface area contributed by atoms with E-state index in [9.17, 15) is 4.79 Å². The molecule has 0 fully saturated rings. The second-order valence-corrected chi connectivity index (χ2v) is 3.44. The minimum atomic E-state index is -0.179.